The van der Waals surface area contributed by atoms with E-state index in [0.29, 0.717) is 10.6 Å². The van der Waals surface area contributed by atoms with Crippen molar-refractivity contribution < 1.29 is 40.4 Å². The summed E-state index contributed by atoms with van der Waals surface area (Å²) in [5.74, 6) is -7.05. The maximum Gasteiger partial charge on any atom is 0.408 e. The van der Waals surface area contributed by atoms with Crippen molar-refractivity contribution in [2.75, 3.05) is 23.7 Å². The van der Waals surface area contributed by atoms with E-state index in [0.717, 1.165) is 17.0 Å². The zero-order valence-corrected chi connectivity index (χ0v) is 25.4. The number of alkyl carbamates (subject to hydrolysis) is 1. The molecule has 16 heteroatoms. The molecule has 0 saturated carbocycles. The Morgan fingerprint density at radius 2 is 1.95 bits per heavy atom. The number of piperidine rings is 1. The Morgan fingerprint density at radius 3 is 2.61 bits per heavy atom. The van der Waals surface area contributed by atoms with Crippen molar-refractivity contribution in [2.45, 2.75) is 62.1 Å². The van der Waals surface area contributed by atoms with Gasteiger partial charge in [-0.2, -0.15) is 4.98 Å². The van der Waals surface area contributed by atoms with Crippen LogP contribution in [0.5, 0.6) is 0 Å². The minimum absolute atomic E-state index is 0.136. The summed E-state index contributed by atoms with van der Waals surface area (Å²) in [6, 6.07) is 6.64. The highest BCUT2D eigenvalue weighted by atomic mass is 35.5. The van der Waals surface area contributed by atoms with E-state index in [4.69, 9.17) is 20.9 Å². The van der Waals surface area contributed by atoms with Crippen LogP contribution < -0.4 is 15.5 Å². The van der Waals surface area contributed by atoms with Crippen LogP contribution >= 0.6 is 11.6 Å². The van der Waals surface area contributed by atoms with Gasteiger partial charge in [0, 0.05) is 18.0 Å². The van der Waals surface area contributed by atoms with Crippen LogP contribution in [0.25, 0.3) is 11.4 Å². The highest BCUT2D eigenvalue weighted by Crippen LogP contribution is 2.38. The van der Waals surface area contributed by atoms with Crippen LogP contribution in [0.15, 0.2) is 45.8 Å². The van der Waals surface area contributed by atoms with E-state index in [1.54, 1.807) is 45.0 Å². The van der Waals surface area contributed by atoms with E-state index in [2.05, 4.69) is 20.8 Å². The molecule has 1 unspecified atom stereocenters. The number of hydrogen-bond donors (Lipinski definition) is 2. The number of fused-ring (bicyclic) bond motifs is 1. The van der Waals surface area contributed by atoms with Gasteiger partial charge in [0.05, 0.1) is 40.9 Å². The van der Waals surface area contributed by atoms with Gasteiger partial charge >= 0.3 is 6.09 Å². The van der Waals surface area contributed by atoms with Gasteiger partial charge in [-0.25, -0.2) is 26.4 Å². The Labute approximate surface area is 256 Å². The van der Waals surface area contributed by atoms with E-state index in [1.165, 1.54) is 0 Å². The van der Waals surface area contributed by atoms with Gasteiger partial charge in [-0.15, -0.1) is 0 Å². The molecule has 2 aliphatic heterocycles. The molecule has 1 aromatic heterocycles. The molecule has 2 atom stereocenters. The third kappa shape index (κ3) is 7.00. The molecular formula is C28H29ClF3N5O6S. The molecule has 0 radical (unpaired) electrons. The first-order chi connectivity index (χ1) is 20.5. The summed E-state index contributed by atoms with van der Waals surface area (Å²) in [4.78, 5) is 31.2. The number of rotatable bonds is 5. The maximum atomic E-state index is 15.6. The van der Waals surface area contributed by atoms with Crippen LogP contribution in [0.1, 0.15) is 44.6 Å². The number of sulfone groups is 1. The molecule has 236 valence electrons. The minimum atomic E-state index is -4.38. The van der Waals surface area contributed by atoms with Gasteiger partial charge < -0.3 is 24.8 Å². The fraction of sp³-hybridized carbons (Fsp3) is 0.429. The van der Waals surface area contributed by atoms with E-state index < -0.39 is 74.8 Å². The van der Waals surface area contributed by atoms with Crippen molar-refractivity contribution in [1.82, 2.24) is 20.8 Å². The number of carbonyl (C=O) groups is 2. The normalized spacial score (nSPS) is 21.3. The largest absolute Gasteiger partial charge is 0.444 e. The van der Waals surface area contributed by atoms with Gasteiger partial charge in [-0.3, -0.25) is 4.79 Å². The van der Waals surface area contributed by atoms with Crippen LogP contribution in [-0.4, -0.2) is 67.0 Å². The van der Waals surface area contributed by atoms with E-state index >= 15 is 4.39 Å². The first kappa shape index (κ1) is 31.7. The smallest absolute Gasteiger partial charge is 0.408 e. The first-order valence-electron chi connectivity index (χ1n) is 13.6. The van der Waals surface area contributed by atoms with Crippen LogP contribution in [0.3, 0.4) is 0 Å². The number of nitrogens with zero attached hydrogens (tertiary/aromatic N) is 3. The average molecular weight is 656 g/mol. The third-order valence-electron chi connectivity index (χ3n) is 6.92. The Kier molecular flexibility index (Phi) is 8.42. The van der Waals surface area contributed by atoms with Crippen molar-refractivity contribution in [3.8, 4) is 11.4 Å². The summed E-state index contributed by atoms with van der Waals surface area (Å²) in [5.41, 5.74) is -0.917. The van der Waals surface area contributed by atoms with Crippen molar-refractivity contribution in [3.63, 3.8) is 0 Å². The van der Waals surface area contributed by atoms with Gasteiger partial charge in [-0.05, 0) is 50.6 Å². The van der Waals surface area contributed by atoms with Crippen molar-refractivity contribution in [2.24, 2.45) is 0 Å². The first-order valence-corrected chi connectivity index (χ1v) is 15.6. The van der Waals surface area contributed by atoms with E-state index in [9.17, 15) is 26.8 Å². The van der Waals surface area contributed by atoms with Gasteiger partial charge in [0.2, 0.25) is 11.7 Å². The summed E-state index contributed by atoms with van der Waals surface area (Å²) >= 11 is 6.01. The van der Waals surface area contributed by atoms with Crippen molar-refractivity contribution in [3.05, 3.63) is 58.7 Å². The monoisotopic (exact) mass is 655 g/mol. The van der Waals surface area contributed by atoms with E-state index in [-0.39, 0.29) is 36.1 Å². The number of anilines is 1. The van der Waals surface area contributed by atoms with Crippen LogP contribution in [0, 0.1) is 5.82 Å². The molecule has 1 fully saturated rings. The summed E-state index contributed by atoms with van der Waals surface area (Å²) in [6.07, 6.45) is -1.57. The number of nitrogens with one attached hydrogen (secondary N) is 2. The third-order valence-corrected chi connectivity index (χ3v) is 8.94. The highest BCUT2D eigenvalue weighted by molar-refractivity contribution is 7.91. The number of aromatic nitrogens is 2. The highest BCUT2D eigenvalue weighted by Gasteiger charge is 2.42. The molecule has 0 aliphatic carbocycles. The number of alkyl halides is 2. The van der Waals surface area contributed by atoms with E-state index in [1.807, 2.05) is 0 Å². The number of carbonyl (C=O) groups excluding carboxylic acids is 2. The zero-order valence-electron chi connectivity index (χ0n) is 23.9. The number of halogens is 4. The Balaban J connectivity index is 1.57. The summed E-state index contributed by atoms with van der Waals surface area (Å²) in [5, 5.41) is 9.12. The fourth-order valence-electron chi connectivity index (χ4n) is 4.97. The SMILES string of the molecule is CC(C)(C)OC(=O)N[C@H]1CS(=O)(=O)c2cc(F)c(-c3noc(C4CNCC(F)(F)C4)n3)cc2N(Cc2ccc(Cl)cc2)C1=O. The van der Waals surface area contributed by atoms with Crippen molar-refractivity contribution in [1.29, 1.82) is 0 Å². The van der Waals surface area contributed by atoms with Crippen LogP contribution in [0.4, 0.5) is 23.7 Å². The van der Waals surface area contributed by atoms with Crippen molar-refractivity contribution >= 4 is 39.1 Å². The molecular weight excluding hydrogens is 627 g/mol. The average Bonchev–Trinajstić information content (AvgIpc) is 3.38. The zero-order chi connectivity index (χ0) is 32.0. The number of benzene rings is 2. The Hall–Kier alpha value is -3.69. The number of ether oxygens (including phenoxy) is 1. The molecule has 44 heavy (non-hydrogen) atoms. The molecule has 5 rings (SSSR count). The lowest BCUT2D eigenvalue weighted by molar-refractivity contribution is -0.120. The van der Waals surface area contributed by atoms with Gasteiger partial charge in [0.1, 0.15) is 17.5 Å². The summed E-state index contributed by atoms with van der Waals surface area (Å²) in [7, 11) is -4.38. The quantitative estimate of drug-likeness (QED) is 0.407. The van der Waals surface area contributed by atoms with Gasteiger partial charge in [-0.1, -0.05) is 28.9 Å². The Bertz CT molecular complexity index is 1690. The lowest BCUT2D eigenvalue weighted by Crippen LogP contribution is -2.51. The molecule has 2 amide bonds. The molecule has 2 N–H and O–H groups in total. The van der Waals surface area contributed by atoms with Crippen LogP contribution in [0.2, 0.25) is 5.02 Å². The lowest BCUT2D eigenvalue weighted by atomic mass is 9.97. The molecule has 2 aromatic carbocycles. The minimum Gasteiger partial charge on any atom is -0.444 e. The number of amides is 2. The topological polar surface area (TPSA) is 144 Å². The van der Waals surface area contributed by atoms with Gasteiger partial charge in [0.15, 0.2) is 9.84 Å². The summed E-state index contributed by atoms with van der Waals surface area (Å²) in [6.45, 7) is 4.26. The standard InChI is InChI=1S/C28H29ClF3N5O6S/c1-27(2,3)42-26(39)34-20-13-44(40,41)22-9-19(30)18(23-35-24(43-36-23)16-10-28(31,32)14-33-11-16)8-21(22)37(25(20)38)12-15-4-6-17(29)7-5-15/h4-9,16,20,33H,10-14H2,1-3H3,(H,34,39)/t16?,20-/m0/s1. The fourth-order valence-corrected chi connectivity index (χ4v) is 6.71. The second-order valence-electron chi connectivity index (χ2n) is 11.7. The molecule has 2 aliphatic rings. The predicted molar refractivity (Wildman–Crippen MR) is 153 cm³/mol. The van der Waals surface area contributed by atoms with Gasteiger partial charge in [0.25, 0.3) is 11.8 Å². The maximum absolute atomic E-state index is 15.6. The predicted octanol–water partition coefficient (Wildman–Crippen LogP) is 4.46. The molecule has 11 nitrogen and oxygen atoms in total. The molecule has 0 bridgehead atoms. The molecule has 3 heterocycles. The van der Waals surface area contributed by atoms with Crippen LogP contribution in [-0.2, 0) is 25.9 Å². The molecule has 0 spiro atoms. The second kappa shape index (κ2) is 11.7. The second-order valence-corrected chi connectivity index (χ2v) is 14.1. The summed E-state index contributed by atoms with van der Waals surface area (Å²) < 4.78 is 81.0. The molecule has 3 aromatic rings. The number of hydrogen-bond acceptors (Lipinski definition) is 9. The molecule has 1 saturated heterocycles. The lowest BCUT2D eigenvalue weighted by Gasteiger charge is -2.27. The Morgan fingerprint density at radius 1 is 1.25 bits per heavy atom.